The SMILES string of the molecule is O=S(=O)(O)Oc1cccc2cccc(O)c12. The second-order valence-electron chi connectivity index (χ2n) is 3.14. The molecule has 0 spiro atoms. The van der Waals surface area contributed by atoms with E-state index in [1.165, 1.54) is 12.1 Å². The first-order valence-electron chi connectivity index (χ1n) is 4.35. The van der Waals surface area contributed by atoms with E-state index in [1.54, 1.807) is 24.3 Å². The maximum Gasteiger partial charge on any atom is 0.446 e. The second kappa shape index (κ2) is 3.66. The molecule has 5 nitrogen and oxygen atoms in total. The molecule has 0 atom stereocenters. The molecule has 2 N–H and O–H groups in total. The van der Waals surface area contributed by atoms with Crippen LogP contribution in [0.4, 0.5) is 0 Å². The largest absolute Gasteiger partial charge is 0.507 e. The Bertz CT molecular complexity index is 627. The van der Waals surface area contributed by atoms with Gasteiger partial charge in [-0.2, -0.15) is 8.42 Å². The van der Waals surface area contributed by atoms with Crippen LogP contribution in [0, 0.1) is 0 Å². The Kier molecular flexibility index (Phi) is 2.45. The van der Waals surface area contributed by atoms with Crippen molar-refractivity contribution < 1.29 is 22.3 Å². The molecule has 0 saturated carbocycles. The summed E-state index contributed by atoms with van der Waals surface area (Å²) >= 11 is 0. The summed E-state index contributed by atoms with van der Waals surface area (Å²) < 4.78 is 34.2. The van der Waals surface area contributed by atoms with E-state index in [9.17, 15) is 13.5 Å². The minimum Gasteiger partial charge on any atom is -0.507 e. The lowest BCUT2D eigenvalue weighted by Crippen LogP contribution is -2.06. The minimum absolute atomic E-state index is 0.113. The van der Waals surface area contributed by atoms with Crippen LogP contribution in [0.25, 0.3) is 10.8 Å². The summed E-state index contributed by atoms with van der Waals surface area (Å²) in [6, 6.07) is 9.30. The highest BCUT2D eigenvalue weighted by molar-refractivity contribution is 7.81. The van der Waals surface area contributed by atoms with Gasteiger partial charge in [-0.05, 0) is 17.5 Å². The molecule has 0 aliphatic carbocycles. The summed E-state index contributed by atoms with van der Waals surface area (Å²) in [5.41, 5.74) is 0. The number of benzene rings is 2. The molecule has 0 aliphatic rings. The van der Waals surface area contributed by atoms with E-state index in [2.05, 4.69) is 4.18 Å². The van der Waals surface area contributed by atoms with Crippen molar-refractivity contribution in [2.45, 2.75) is 0 Å². The van der Waals surface area contributed by atoms with Gasteiger partial charge in [0.2, 0.25) is 0 Å². The van der Waals surface area contributed by atoms with Crippen molar-refractivity contribution in [3.8, 4) is 11.5 Å². The van der Waals surface area contributed by atoms with Gasteiger partial charge in [0.1, 0.15) is 5.75 Å². The fraction of sp³-hybridized carbons (Fsp3) is 0. The maximum atomic E-state index is 10.6. The second-order valence-corrected chi connectivity index (χ2v) is 4.16. The standard InChI is InChI=1S/C10H8O5S/c11-8-5-1-3-7-4-2-6-9(10(7)8)15-16(12,13)14/h1-6,11H,(H,12,13,14). The van der Waals surface area contributed by atoms with Crippen molar-refractivity contribution in [2.75, 3.05) is 0 Å². The first kappa shape index (κ1) is 10.7. The molecular weight excluding hydrogens is 232 g/mol. The lowest BCUT2D eigenvalue weighted by Gasteiger charge is -2.06. The predicted octanol–water partition coefficient (Wildman–Crippen LogP) is 1.73. The summed E-state index contributed by atoms with van der Waals surface area (Å²) in [6.45, 7) is 0. The van der Waals surface area contributed by atoms with Gasteiger partial charge in [0.25, 0.3) is 0 Å². The number of fused-ring (bicyclic) bond motifs is 1. The van der Waals surface area contributed by atoms with Crippen molar-refractivity contribution in [2.24, 2.45) is 0 Å². The van der Waals surface area contributed by atoms with Crippen LogP contribution in [-0.4, -0.2) is 18.1 Å². The molecule has 0 aliphatic heterocycles. The third-order valence-electron chi connectivity index (χ3n) is 2.04. The monoisotopic (exact) mass is 240 g/mol. The molecule has 0 saturated heterocycles. The van der Waals surface area contributed by atoms with Crippen molar-refractivity contribution >= 4 is 21.2 Å². The molecule has 0 aromatic heterocycles. The van der Waals surface area contributed by atoms with E-state index < -0.39 is 10.4 Å². The van der Waals surface area contributed by atoms with E-state index in [-0.39, 0.29) is 16.9 Å². The van der Waals surface area contributed by atoms with E-state index in [4.69, 9.17) is 4.55 Å². The molecule has 84 valence electrons. The molecular formula is C10H8O5S. The van der Waals surface area contributed by atoms with E-state index in [0.717, 1.165) is 0 Å². The molecule has 0 heterocycles. The zero-order valence-electron chi connectivity index (χ0n) is 7.99. The summed E-state index contributed by atoms with van der Waals surface area (Å²) in [5, 5.41) is 10.4. The van der Waals surface area contributed by atoms with Gasteiger partial charge in [0.05, 0.1) is 5.39 Å². The van der Waals surface area contributed by atoms with Crippen LogP contribution < -0.4 is 4.18 Å². The highest BCUT2D eigenvalue weighted by atomic mass is 32.3. The molecule has 0 unspecified atom stereocenters. The summed E-state index contributed by atoms with van der Waals surface area (Å²) in [6.07, 6.45) is 0. The summed E-state index contributed by atoms with van der Waals surface area (Å²) in [4.78, 5) is 0. The number of hydrogen-bond donors (Lipinski definition) is 2. The highest BCUT2D eigenvalue weighted by Gasteiger charge is 2.12. The molecule has 16 heavy (non-hydrogen) atoms. The third-order valence-corrected chi connectivity index (χ3v) is 2.43. The first-order chi connectivity index (χ1) is 7.47. The Morgan fingerprint density at radius 2 is 1.69 bits per heavy atom. The average molecular weight is 240 g/mol. The normalized spacial score (nSPS) is 11.6. The number of phenolic OH excluding ortho intramolecular Hbond substituents is 1. The summed E-state index contributed by atoms with van der Waals surface area (Å²) in [7, 11) is -4.60. The lowest BCUT2D eigenvalue weighted by atomic mass is 10.1. The van der Waals surface area contributed by atoms with E-state index >= 15 is 0 Å². The molecule has 0 bridgehead atoms. The third kappa shape index (κ3) is 2.07. The quantitative estimate of drug-likeness (QED) is 0.781. The Morgan fingerprint density at radius 3 is 2.31 bits per heavy atom. The van der Waals surface area contributed by atoms with Crippen LogP contribution in [0.3, 0.4) is 0 Å². The van der Waals surface area contributed by atoms with E-state index in [0.29, 0.717) is 5.39 Å². The van der Waals surface area contributed by atoms with E-state index in [1.807, 2.05) is 0 Å². The van der Waals surface area contributed by atoms with Gasteiger partial charge < -0.3 is 9.29 Å². The smallest absolute Gasteiger partial charge is 0.446 e. The lowest BCUT2D eigenvalue weighted by molar-refractivity contribution is 0.388. The number of aromatic hydroxyl groups is 1. The molecule has 2 aromatic carbocycles. The number of phenols is 1. The van der Waals surface area contributed by atoms with Crippen LogP contribution in [0.5, 0.6) is 11.5 Å². The van der Waals surface area contributed by atoms with Gasteiger partial charge in [-0.1, -0.05) is 24.3 Å². The zero-order chi connectivity index (χ0) is 11.8. The number of rotatable bonds is 2. The van der Waals surface area contributed by atoms with Crippen molar-refractivity contribution in [1.29, 1.82) is 0 Å². The fourth-order valence-corrected chi connectivity index (χ4v) is 1.84. The van der Waals surface area contributed by atoms with Crippen LogP contribution in [0.15, 0.2) is 36.4 Å². The molecule has 2 aromatic rings. The van der Waals surface area contributed by atoms with Crippen LogP contribution >= 0.6 is 0 Å². The molecule has 0 fully saturated rings. The van der Waals surface area contributed by atoms with Gasteiger partial charge in [-0.3, -0.25) is 4.55 Å². The predicted molar refractivity (Wildman–Crippen MR) is 57.8 cm³/mol. The molecule has 0 radical (unpaired) electrons. The number of hydrogen-bond acceptors (Lipinski definition) is 4. The van der Waals surface area contributed by atoms with Crippen molar-refractivity contribution in [1.82, 2.24) is 0 Å². The van der Waals surface area contributed by atoms with Crippen LogP contribution in [0.1, 0.15) is 0 Å². The molecule has 6 heteroatoms. The molecule has 0 amide bonds. The Balaban J connectivity index is 2.70. The maximum absolute atomic E-state index is 10.6. The van der Waals surface area contributed by atoms with Crippen LogP contribution in [0.2, 0.25) is 0 Å². The topological polar surface area (TPSA) is 83.8 Å². The van der Waals surface area contributed by atoms with Crippen molar-refractivity contribution in [3.63, 3.8) is 0 Å². The van der Waals surface area contributed by atoms with Gasteiger partial charge >= 0.3 is 10.4 Å². The Labute approximate surface area is 91.9 Å². The highest BCUT2D eigenvalue weighted by Crippen LogP contribution is 2.33. The van der Waals surface area contributed by atoms with Crippen LogP contribution in [-0.2, 0) is 10.4 Å². The zero-order valence-corrected chi connectivity index (χ0v) is 8.81. The summed E-state index contributed by atoms with van der Waals surface area (Å²) in [5.74, 6) is -0.227. The fourth-order valence-electron chi connectivity index (χ4n) is 1.47. The first-order valence-corrected chi connectivity index (χ1v) is 5.71. The Morgan fingerprint density at radius 1 is 1.06 bits per heavy atom. The molecule has 2 rings (SSSR count). The van der Waals surface area contributed by atoms with Gasteiger partial charge in [0, 0.05) is 0 Å². The van der Waals surface area contributed by atoms with Gasteiger partial charge in [-0.25, -0.2) is 0 Å². The van der Waals surface area contributed by atoms with Gasteiger partial charge in [0.15, 0.2) is 5.75 Å². The van der Waals surface area contributed by atoms with Gasteiger partial charge in [-0.15, -0.1) is 0 Å². The average Bonchev–Trinajstić information content (AvgIpc) is 2.15. The van der Waals surface area contributed by atoms with Crippen molar-refractivity contribution in [3.05, 3.63) is 36.4 Å². The minimum atomic E-state index is -4.60. The Hall–Kier alpha value is -1.79.